The lowest BCUT2D eigenvalue weighted by Gasteiger charge is -2.32. The van der Waals surface area contributed by atoms with Gasteiger partial charge in [0.2, 0.25) is 0 Å². The van der Waals surface area contributed by atoms with Crippen molar-refractivity contribution in [2.45, 2.75) is 58.3 Å². The molecule has 4 N–H and O–H groups in total. The third kappa shape index (κ3) is 5.98. The summed E-state index contributed by atoms with van der Waals surface area (Å²) in [5.74, 6) is -0.0991. The molecule has 0 aliphatic rings. The van der Waals surface area contributed by atoms with Crippen LogP contribution in [0, 0.1) is 5.92 Å². The quantitative estimate of drug-likeness (QED) is 0.280. The van der Waals surface area contributed by atoms with Gasteiger partial charge in [0.1, 0.15) is 17.3 Å². The van der Waals surface area contributed by atoms with E-state index < -0.39 is 17.4 Å². The van der Waals surface area contributed by atoms with Gasteiger partial charge in [0, 0.05) is 36.4 Å². The van der Waals surface area contributed by atoms with Crippen molar-refractivity contribution in [2.75, 3.05) is 6.61 Å². The van der Waals surface area contributed by atoms with E-state index in [1.54, 1.807) is 24.3 Å². The highest BCUT2D eigenvalue weighted by molar-refractivity contribution is 6.32. The second kappa shape index (κ2) is 10.7. The van der Waals surface area contributed by atoms with E-state index in [1.165, 1.54) is 6.07 Å². The van der Waals surface area contributed by atoms with E-state index in [0.29, 0.717) is 11.3 Å². The zero-order valence-corrected chi connectivity index (χ0v) is 22.5. The summed E-state index contributed by atoms with van der Waals surface area (Å²) in [7, 11) is 1.96. The van der Waals surface area contributed by atoms with E-state index in [9.17, 15) is 15.0 Å². The Labute approximate surface area is 217 Å². The maximum absolute atomic E-state index is 13.4. The summed E-state index contributed by atoms with van der Waals surface area (Å²) in [6, 6.07) is 11.7. The molecule has 194 valence electrons. The fourth-order valence-electron chi connectivity index (χ4n) is 4.30. The number of hydrogen-bond acceptors (Lipinski definition) is 6. The summed E-state index contributed by atoms with van der Waals surface area (Å²) in [4.78, 5) is 18.2. The highest BCUT2D eigenvalue weighted by atomic mass is 35.5. The molecular weight excluding hydrogens is 478 g/mol. The number of carbonyl (C=O) groups excluding carboxylic acids is 1. The largest absolute Gasteiger partial charge is 0.489 e. The fraction of sp³-hybridized carbons (Fsp3) is 0.429. The number of imidazole rings is 1. The number of hydrogen-bond donors (Lipinski definition) is 3. The van der Waals surface area contributed by atoms with Crippen LogP contribution in [0.1, 0.15) is 62.8 Å². The van der Waals surface area contributed by atoms with Crippen molar-refractivity contribution >= 4 is 17.4 Å². The van der Waals surface area contributed by atoms with E-state index in [0.717, 1.165) is 17.1 Å². The van der Waals surface area contributed by atoms with E-state index >= 15 is 0 Å². The average Bonchev–Trinajstić information content (AvgIpc) is 3.20. The Morgan fingerprint density at radius 3 is 2.31 bits per heavy atom. The molecule has 0 bridgehead atoms. The molecule has 0 unspecified atom stereocenters. The number of halogens is 1. The van der Waals surface area contributed by atoms with Crippen molar-refractivity contribution in [2.24, 2.45) is 18.7 Å². The lowest BCUT2D eigenvalue weighted by Crippen LogP contribution is -2.48. The lowest BCUT2D eigenvalue weighted by atomic mass is 9.81. The third-order valence-electron chi connectivity index (χ3n) is 6.03. The van der Waals surface area contributed by atoms with Gasteiger partial charge in [-0.1, -0.05) is 56.6 Å². The van der Waals surface area contributed by atoms with Gasteiger partial charge in [0.05, 0.1) is 22.7 Å². The number of rotatable bonds is 9. The predicted molar refractivity (Wildman–Crippen MR) is 142 cm³/mol. The second-order valence-corrected chi connectivity index (χ2v) is 10.9. The molecule has 0 amide bonds. The van der Waals surface area contributed by atoms with Crippen molar-refractivity contribution in [1.82, 2.24) is 9.55 Å². The molecule has 0 saturated heterocycles. The van der Waals surface area contributed by atoms with E-state index in [4.69, 9.17) is 27.1 Å². The fourth-order valence-corrected chi connectivity index (χ4v) is 4.52. The first-order chi connectivity index (χ1) is 16.8. The number of ketones is 1. The highest BCUT2D eigenvalue weighted by Gasteiger charge is 2.40. The Balaban J connectivity index is 1.90. The van der Waals surface area contributed by atoms with Gasteiger partial charge in [-0.15, -0.1) is 0 Å². The van der Waals surface area contributed by atoms with Gasteiger partial charge in [0.15, 0.2) is 5.78 Å². The SMILES string of the molecule is CC(C)Oc1ccc(C(=O)[C@@H](CCO)[C@](N)(O)c2ccc(-c3cn(C)c(C(C)(C)C)n3)cc2)cc1Cl. The first-order valence-corrected chi connectivity index (χ1v) is 12.4. The Morgan fingerprint density at radius 1 is 1.17 bits per heavy atom. The second-order valence-electron chi connectivity index (χ2n) is 10.5. The summed E-state index contributed by atoms with van der Waals surface area (Å²) < 4.78 is 7.64. The highest BCUT2D eigenvalue weighted by Crippen LogP contribution is 2.34. The predicted octanol–water partition coefficient (Wildman–Crippen LogP) is 4.81. The summed E-state index contributed by atoms with van der Waals surface area (Å²) in [6.45, 7) is 9.75. The van der Waals surface area contributed by atoms with Crippen LogP contribution in [0.5, 0.6) is 5.75 Å². The molecule has 2 aromatic carbocycles. The minimum atomic E-state index is -2.02. The number of nitrogens with two attached hydrogens (primary N) is 1. The normalized spacial score (nSPS) is 14.5. The number of aromatic nitrogens is 2. The molecule has 3 aromatic rings. The Kier molecular flexibility index (Phi) is 8.30. The first-order valence-electron chi connectivity index (χ1n) is 12.0. The smallest absolute Gasteiger partial charge is 0.170 e. The van der Waals surface area contributed by atoms with Gasteiger partial charge in [-0.25, -0.2) is 4.98 Å². The topological polar surface area (TPSA) is 111 Å². The van der Waals surface area contributed by atoms with Crippen molar-refractivity contribution < 1.29 is 19.7 Å². The molecule has 1 aromatic heterocycles. The Hall–Kier alpha value is -2.71. The minimum Gasteiger partial charge on any atom is -0.489 e. The molecule has 0 spiro atoms. The zero-order chi connectivity index (χ0) is 26.8. The van der Waals surface area contributed by atoms with Crippen LogP contribution in [0.25, 0.3) is 11.3 Å². The number of Topliss-reactive ketones (excluding diaryl/α,β-unsaturated/α-hetero) is 1. The van der Waals surface area contributed by atoms with Crippen molar-refractivity contribution in [3.63, 3.8) is 0 Å². The van der Waals surface area contributed by atoms with Gasteiger partial charge in [-0.3, -0.25) is 10.5 Å². The Bertz CT molecular complexity index is 1210. The monoisotopic (exact) mass is 513 g/mol. The Morgan fingerprint density at radius 2 is 1.81 bits per heavy atom. The molecule has 8 heteroatoms. The molecule has 7 nitrogen and oxygen atoms in total. The first kappa shape index (κ1) is 27.9. The zero-order valence-electron chi connectivity index (χ0n) is 21.7. The summed E-state index contributed by atoms with van der Waals surface area (Å²) >= 11 is 6.32. The number of ether oxygens (including phenoxy) is 1. The van der Waals surface area contributed by atoms with Crippen molar-refractivity contribution in [3.8, 4) is 17.0 Å². The van der Waals surface area contributed by atoms with Gasteiger partial charge in [-0.2, -0.15) is 0 Å². The molecule has 36 heavy (non-hydrogen) atoms. The van der Waals surface area contributed by atoms with Crippen LogP contribution in [-0.2, 0) is 18.2 Å². The average molecular weight is 514 g/mol. The number of nitrogens with zero attached hydrogens (tertiary/aromatic N) is 2. The van der Waals surface area contributed by atoms with Crippen LogP contribution in [0.15, 0.2) is 48.7 Å². The maximum atomic E-state index is 13.4. The number of aryl methyl sites for hydroxylation is 1. The lowest BCUT2D eigenvalue weighted by molar-refractivity contribution is -0.0178. The minimum absolute atomic E-state index is 0.0232. The van der Waals surface area contributed by atoms with Crippen LogP contribution in [-0.4, -0.2) is 38.3 Å². The third-order valence-corrected chi connectivity index (χ3v) is 6.33. The van der Waals surface area contributed by atoms with Crippen molar-refractivity contribution in [3.05, 3.63) is 70.6 Å². The van der Waals surface area contributed by atoms with Gasteiger partial charge >= 0.3 is 0 Å². The number of carbonyl (C=O) groups is 1. The van der Waals surface area contributed by atoms with Crippen LogP contribution in [0.4, 0.5) is 0 Å². The summed E-state index contributed by atoms with van der Waals surface area (Å²) in [6.07, 6.45) is 1.86. The maximum Gasteiger partial charge on any atom is 0.170 e. The van der Waals surface area contributed by atoms with Gasteiger partial charge < -0.3 is 19.5 Å². The molecule has 0 fully saturated rings. The molecule has 0 radical (unpaired) electrons. The van der Waals surface area contributed by atoms with Crippen LogP contribution in [0.2, 0.25) is 5.02 Å². The number of benzene rings is 2. The van der Waals surface area contributed by atoms with E-state index in [-0.39, 0.29) is 35.1 Å². The molecule has 0 saturated carbocycles. The standard InChI is InChI=1S/C28H36ClN3O4/c1-17(2)36-24-12-9-19(15-22(24)29)25(34)21(13-14-33)28(30,35)20-10-7-18(8-11-20)23-16-32(6)26(31-23)27(3,4)5/h7-12,15-17,21,33,35H,13-14,30H2,1-6H3/t21-,28-/m1/s1. The van der Waals surface area contributed by atoms with E-state index in [1.807, 2.05) is 43.8 Å². The van der Waals surface area contributed by atoms with Gasteiger partial charge in [-0.05, 0) is 44.0 Å². The van der Waals surface area contributed by atoms with E-state index in [2.05, 4.69) is 20.8 Å². The number of aliphatic hydroxyl groups excluding tert-OH is 1. The van der Waals surface area contributed by atoms with Crippen LogP contribution < -0.4 is 10.5 Å². The molecule has 2 atom stereocenters. The molecule has 3 rings (SSSR count). The number of aliphatic hydroxyl groups is 2. The summed E-state index contributed by atoms with van der Waals surface area (Å²) in [5, 5.41) is 21.3. The molecule has 0 aliphatic heterocycles. The van der Waals surface area contributed by atoms with Gasteiger partial charge in [0.25, 0.3) is 0 Å². The van der Waals surface area contributed by atoms with Crippen LogP contribution >= 0.6 is 11.6 Å². The van der Waals surface area contributed by atoms with Crippen LogP contribution in [0.3, 0.4) is 0 Å². The molecular formula is C28H36ClN3O4. The molecule has 1 heterocycles. The molecule has 0 aliphatic carbocycles. The van der Waals surface area contributed by atoms with Crippen molar-refractivity contribution in [1.29, 1.82) is 0 Å². The summed E-state index contributed by atoms with van der Waals surface area (Å²) in [5.41, 5.74) is 6.53.